The molecule has 3 aliphatic carbocycles. The topological polar surface area (TPSA) is 66.8 Å². The Labute approximate surface area is 233 Å². The van der Waals surface area contributed by atoms with Crippen LogP contribution in [0.1, 0.15) is 85.5 Å². The molecular formula is C31H44Cl2O4. The molecule has 0 fully saturated rings. The average molecular weight is 552 g/mol. The van der Waals surface area contributed by atoms with Crippen molar-refractivity contribution in [1.82, 2.24) is 0 Å². The molecule has 0 saturated heterocycles. The normalized spacial score (nSPS) is 26.2. The van der Waals surface area contributed by atoms with E-state index in [2.05, 4.69) is 37.3 Å². The van der Waals surface area contributed by atoms with Gasteiger partial charge in [-0.2, -0.15) is 0 Å². The molecule has 206 valence electrons. The molecule has 5 unspecified atom stereocenters. The zero-order valence-corrected chi connectivity index (χ0v) is 24.3. The molecular weight excluding hydrogens is 507 g/mol. The fourth-order valence-corrected chi connectivity index (χ4v) is 6.20. The number of ether oxygens (including phenoxy) is 1. The lowest BCUT2D eigenvalue weighted by atomic mass is 9.70. The third kappa shape index (κ3) is 8.41. The number of carbonyl (C=O) groups excluding carboxylic acids is 1. The van der Waals surface area contributed by atoms with Crippen molar-refractivity contribution < 1.29 is 19.7 Å². The van der Waals surface area contributed by atoms with Crippen molar-refractivity contribution in [2.45, 2.75) is 109 Å². The van der Waals surface area contributed by atoms with E-state index >= 15 is 0 Å². The van der Waals surface area contributed by atoms with Crippen LogP contribution >= 0.6 is 23.2 Å². The summed E-state index contributed by atoms with van der Waals surface area (Å²) in [4.78, 5) is 13.4. The molecule has 0 aliphatic heterocycles. The molecule has 3 rings (SSSR count). The monoisotopic (exact) mass is 550 g/mol. The maximum Gasteiger partial charge on any atom is 0.164 e. The summed E-state index contributed by atoms with van der Waals surface area (Å²) in [6, 6.07) is 0. The van der Waals surface area contributed by atoms with Gasteiger partial charge in [-0.05, 0) is 79.6 Å². The second-order valence-electron chi connectivity index (χ2n) is 11.5. The number of alkyl halides is 1. The Morgan fingerprint density at radius 3 is 2.49 bits per heavy atom. The number of rotatable bonds is 12. The van der Waals surface area contributed by atoms with Gasteiger partial charge in [0.15, 0.2) is 12.1 Å². The molecule has 0 radical (unpaired) electrons. The predicted octanol–water partition coefficient (Wildman–Crippen LogP) is 7.54. The smallest absolute Gasteiger partial charge is 0.164 e. The molecule has 0 bridgehead atoms. The van der Waals surface area contributed by atoms with Crippen molar-refractivity contribution in [3.8, 4) is 0 Å². The summed E-state index contributed by atoms with van der Waals surface area (Å²) in [5.74, 6) is 0.663. The van der Waals surface area contributed by atoms with Crippen molar-refractivity contribution in [2.24, 2.45) is 17.3 Å². The Kier molecular flexibility index (Phi) is 11.3. The molecule has 6 heteroatoms. The fourth-order valence-electron chi connectivity index (χ4n) is 5.53. The third-order valence-corrected chi connectivity index (χ3v) is 8.87. The Morgan fingerprint density at radius 2 is 1.92 bits per heavy atom. The van der Waals surface area contributed by atoms with Crippen LogP contribution in [0.15, 0.2) is 58.2 Å². The Bertz CT molecular complexity index is 956. The van der Waals surface area contributed by atoms with Gasteiger partial charge in [-0.1, -0.05) is 76.1 Å². The second-order valence-corrected chi connectivity index (χ2v) is 12.5. The van der Waals surface area contributed by atoms with Crippen molar-refractivity contribution >= 4 is 29.0 Å². The quantitative estimate of drug-likeness (QED) is 0.194. The second kappa shape index (κ2) is 13.8. The third-order valence-electron chi connectivity index (χ3n) is 8.32. The number of ketones is 1. The van der Waals surface area contributed by atoms with Crippen LogP contribution < -0.4 is 0 Å². The number of aliphatic hydroxyl groups excluding tert-OH is 1. The number of carbonyl (C=O) groups is 1. The Morgan fingerprint density at radius 1 is 1.16 bits per heavy atom. The van der Waals surface area contributed by atoms with Crippen LogP contribution in [0.5, 0.6) is 0 Å². The van der Waals surface area contributed by atoms with Gasteiger partial charge in [0.2, 0.25) is 0 Å². The first-order valence-corrected chi connectivity index (χ1v) is 14.7. The lowest BCUT2D eigenvalue weighted by molar-refractivity contribution is -0.126. The molecule has 0 amide bonds. The van der Waals surface area contributed by atoms with Crippen LogP contribution in [-0.2, 0) is 9.53 Å². The molecule has 0 saturated carbocycles. The van der Waals surface area contributed by atoms with E-state index < -0.39 is 11.7 Å². The minimum atomic E-state index is -1.32. The fraction of sp³-hybridized carbons (Fsp3) is 0.645. The predicted molar refractivity (Wildman–Crippen MR) is 153 cm³/mol. The summed E-state index contributed by atoms with van der Waals surface area (Å²) in [5, 5.41) is 19.2. The van der Waals surface area contributed by atoms with Gasteiger partial charge in [0, 0.05) is 16.9 Å². The van der Waals surface area contributed by atoms with Gasteiger partial charge < -0.3 is 14.9 Å². The number of aliphatic hydroxyl groups is 2. The minimum absolute atomic E-state index is 0.0457. The number of halogens is 2. The summed E-state index contributed by atoms with van der Waals surface area (Å²) in [7, 11) is 0. The highest BCUT2D eigenvalue weighted by Crippen LogP contribution is 2.39. The van der Waals surface area contributed by atoms with Crippen LogP contribution in [0.3, 0.4) is 0 Å². The first-order chi connectivity index (χ1) is 17.5. The van der Waals surface area contributed by atoms with E-state index in [4.69, 9.17) is 27.9 Å². The first-order valence-electron chi connectivity index (χ1n) is 13.9. The van der Waals surface area contributed by atoms with Gasteiger partial charge in [0.25, 0.3) is 0 Å². The average Bonchev–Trinajstić information content (AvgIpc) is 2.86. The van der Waals surface area contributed by atoms with E-state index in [9.17, 15) is 15.0 Å². The molecule has 0 aromatic heterocycles. The van der Waals surface area contributed by atoms with Gasteiger partial charge in [-0.3, -0.25) is 4.79 Å². The van der Waals surface area contributed by atoms with Crippen LogP contribution in [0.4, 0.5) is 0 Å². The van der Waals surface area contributed by atoms with Crippen LogP contribution in [0.25, 0.3) is 0 Å². The molecule has 5 atom stereocenters. The summed E-state index contributed by atoms with van der Waals surface area (Å²) >= 11 is 12.6. The Hall–Kier alpha value is -1.17. The minimum Gasteiger partial charge on any atom is -0.370 e. The van der Waals surface area contributed by atoms with E-state index in [1.807, 2.05) is 26.8 Å². The number of allylic oxidation sites excluding steroid dienone is 8. The van der Waals surface area contributed by atoms with E-state index in [0.29, 0.717) is 18.8 Å². The molecule has 0 spiro atoms. The zero-order chi connectivity index (χ0) is 27.2. The molecule has 2 N–H and O–H groups in total. The van der Waals surface area contributed by atoms with Crippen molar-refractivity contribution in [3.05, 3.63) is 58.2 Å². The summed E-state index contributed by atoms with van der Waals surface area (Å²) in [6.45, 7) is 8.19. The van der Waals surface area contributed by atoms with Crippen LogP contribution in [0.2, 0.25) is 0 Å². The highest BCUT2D eigenvalue weighted by atomic mass is 35.5. The summed E-state index contributed by atoms with van der Waals surface area (Å²) < 4.78 is 6.62. The van der Waals surface area contributed by atoms with Crippen molar-refractivity contribution in [3.63, 3.8) is 0 Å². The van der Waals surface area contributed by atoms with Gasteiger partial charge in [0.05, 0.1) is 17.6 Å². The van der Waals surface area contributed by atoms with Gasteiger partial charge in [-0.25, -0.2) is 0 Å². The van der Waals surface area contributed by atoms with Crippen LogP contribution in [-0.4, -0.2) is 39.9 Å². The SMILES string of the molecule is CCCC(OC1C=CC(C2=CC(Cl)CC(Cl)=C2)=CC1)C1CC=C(C(=O)C(C)(C)C(C)CCC(O)O)CC1. The van der Waals surface area contributed by atoms with Crippen molar-refractivity contribution in [1.29, 1.82) is 0 Å². The van der Waals surface area contributed by atoms with Gasteiger partial charge in [0.1, 0.15) is 0 Å². The summed E-state index contributed by atoms with van der Waals surface area (Å²) in [5.41, 5.74) is 2.61. The lowest BCUT2D eigenvalue weighted by Gasteiger charge is -2.35. The highest BCUT2D eigenvalue weighted by Gasteiger charge is 2.37. The zero-order valence-electron chi connectivity index (χ0n) is 22.8. The molecule has 37 heavy (non-hydrogen) atoms. The van der Waals surface area contributed by atoms with E-state index in [1.165, 1.54) is 0 Å². The maximum absolute atomic E-state index is 13.4. The number of Topliss-reactive ketones (excluding diaryl/α,β-unsaturated/α-hetero) is 1. The molecule has 0 heterocycles. The Balaban J connectivity index is 1.58. The number of hydrogen-bond donors (Lipinski definition) is 2. The molecule has 0 aromatic rings. The molecule has 0 aromatic carbocycles. The standard InChI is InChI=1S/C31H44Cl2O4/c1-5-6-28(37-27-14-12-21(13-15-27)24-17-25(32)19-26(33)18-24)22-8-10-23(11-9-22)30(36)31(3,4)20(2)7-16-29(34)35/h10,12-14,17-18,20,22,25,27-29,34-35H,5-9,11,15-16,19H2,1-4H3. The summed E-state index contributed by atoms with van der Waals surface area (Å²) in [6.07, 6.45) is 18.6. The van der Waals surface area contributed by atoms with E-state index in [1.54, 1.807) is 0 Å². The molecule has 4 nitrogen and oxygen atoms in total. The van der Waals surface area contributed by atoms with Gasteiger partial charge >= 0.3 is 0 Å². The van der Waals surface area contributed by atoms with Gasteiger partial charge in [-0.15, -0.1) is 11.6 Å². The number of hydrogen-bond acceptors (Lipinski definition) is 4. The largest absolute Gasteiger partial charge is 0.370 e. The van der Waals surface area contributed by atoms with Crippen LogP contribution in [0, 0.1) is 17.3 Å². The van der Waals surface area contributed by atoms with E-state index in [-0.39, 0.29) is 35.7 Å². The van der Waals surface area contributed by atoms with Crippen molar-refractivity contribution in [2.75, 3.05) is 0 Å². The highest BCUT2D eigenvalue weighted by molar-refractivity contribution is 6.31. The first kappa shape index (κ1) is 30.4. The lowest BCUT2D eigenvalue weighted by Crippen LogP contribution is -2.35. The maximum atomic E-state index is 13.4. The molecule has 3 aliphatic rings. The van der Waals surface area contributed by atoms with E-state index in [0.717, 1.165) is 60.3 Å².